The normalized spacial score (nSPS) is 26.9. The van der Waals surface area contributed by atoms with Gasteiger partial charge in [-0.1, -0.05) is 22.9 Å². The minimum atomic E-state index is 0.612. The predicted octanol–water partition coefficient (Wildman–Crippen LogP) is 2.73. The molecule has 0 saturated carbocycles. The van der Waals surface area contributed by atoms with Crippen molar-refractivity contribution in [1.29, 1.82) is 0 Å². The van der Waals surface area contributed by atoms with Gasteiger partial charge in [0, 0.05) is 35.3 Å². The number of anilines is 1. The molecule has 2 aliphatic rings. The van der Waals surface area contributed by atoms with Gasteiger partial charge in [-0.3, -0.25) is 0 Å². The maximum atomic E-state index is 3.64. The van der Waals surface area contributed by atoms with Crippen molar-refractivity contribution in [3.63, 3.8) is 0 Å². The molecule has 17 heavy (non-hydrogen) atoms. The minimum Gasteiger partial charge on any atom is -0.363 e. The van der Waals surface area contributed by atoms with E-state index in [-0.39, 0.29) is 0 Å². The summed E-state index contributed by atoms with van der Waals surface area (Å²) in [5.74, 6) is 0. The molecule has 2 heterocycles. The SMILES string of the molecule is CCc1cc(Br)cc2c1N1C(C)CNCC1C2. The van der Waals surface area contributed by atoms with Crippen molar-refractivity contribution in [1.82, 2.24) is 5.32 Å². The van der Waals surface area contributed by atoms with Gasteiger partial charge in [-0.05, 0) is 43.0 Å². The Hall–Kier alpha value is -0.540. The van der Waals surface area contributed by atoms with E-state index >= 15 is 0 Å². The molecule has 3 rings (SSSR count). The summed E-state index contributed by atoms with van der Waals surface area (Å²) in [6.07, 6.45) is 2.31. The Bertz CT molecular complexity index is 444. The lowest BCUT2D eigenvalue weighted by Gasteiger charge is -2.39. The molecular formula is C14H19BrN2. The zero-order valence-corrected chi connectivity index (χ0v) is 12.0. The number of nitrogens with zero attached hydrogens (tertiary/aromatic N) is 1. The number of hydrogen-bond acceptors (Lipinski definition) is 2. The highest BCUT2D eigenvalue weighted by molar-refractivity contribution is 9.10. The van der Waals surface area contributed by atoms with Crippen molar-refractivity contribution in [3.8, 4) is 0 Å². The molecule has 0 aliphatic carbocycles. The summed E-state index contributed by atoms with van der Waals surface area (Å²) in [6, 6.07) is 5.87. The molecule has 0 bridgehead atoms. The van der Waals surface area contributed by atoms with Gasteiger partial charge in [-0.25, -0.2) is 0 Å². The van der Waals surface area contributed by atoms with Crippen molar-refractivity contribution in [2.24, 2.45) is 0 Å². The van der Waals surface area contributed by atoms with Crippen LogP contribution in [0.4, 0.5) is 5.69 Å². The number of hydrogen-bond donors (Lipinski definition) is 1. The molecule has 2 unspecified atom stereocenters. The second kappa shape index (κ2) is 4.29. The molecule has 3 heteroatoms. The zero-order valence-electron chi connectivity index (χ0n) is 10.5. The van der Waals surface area contributed by atoms with E-state index in [1.807, 2.05) is 0 Å². The molecular weight excluding hydrogens is 276 g/mol. The maximum Gasteiger partial charge on any atom is 0.0459 e. The van der Waals surface area contributed by atoms with Gasteiger partial charge in [0.25, 0.3) is 0 Å². The van der Waals surface area contributed by atoms with Crippen LogP contribution in [0, 0.1) is 0 Å². The quantitative estimate of drug-likeness (QED) is 0.857. The van der Waals surface area contributed by atoms with Crippen LogP contribution in [0.1, 0.15) is 25.0 Å². The van der Waals surface area contributed by atoms with E-state index in [4.69, 9.17) is 0 Å². The summed E-state index contributed by atoms with van der Waals surface area (Å²) < 4.78 is 1.23. The summed E-state index contributed by atoms with van der Waals surface area (Å²) >= 11 is 3.64. The van der Waals surface area contributed by atoms with E-state index in [9.17, 15) is 0 Å². The van der Waals surface area contributed by atoms with Crippen molar-refractivity contribution < 1.29 is 0 Å². The number of fused-ring (bicyclic) bond motifs is 3. The van der Waals surface area contributed by atoms with Crippen LogP contribution in [-0.2, 0) is 12.8 Å². The third kappa shape index (κ3) is 1.80. The standard InChI is InChI=1S/C14H19BrN2/c1-3-10-4-12(15)5-11-6-13-8-16-7-9(2)17(13)14(10)11/h4-5,9,13,16H,3,6-8H2,1-2H3. The average Bonchev–Trinajstić information content (AvgIpc) is 2.67. The number of rotatable bonds is 1. The number of piperazine rings is 1. The van der Waals surface area contributed by atoms with Crippen molar-refractivity contribution in [2.45, 2.75) is 38.8 Å². The summed E-state index contributed by atoms with van der Waals surface area (Å²) in [5.41, 5.74) is 4.54. The highest BCUT2D eigenvalue weighted by Gasteiger charge is 2.36. The number of halogens is 1. The Balaban J connectivity index is 2.10. The van der Waals surface area contributed by atoms with Gasteiger partial charge in [0.1, 0.15) is 0 Å². The van der Waals surface area contributed by atoms with Crippen LogP contribution in [0.5, 0.6) is 0 Å². The Kier molecular flexibility index (Phi) is 2.91. The highest BCUT2D eigenvalue weighted by Crippen LogP contribution is 2.39. The Morgan fingerprint density at radius 2 is 2.24 bits per heavy atom. The predicted molar refractivity (Wildman–Crippen MR) is 75.8 cm³/mol. The fourth-order valence-electron chi connectivity index (χ4n) is 3.32. The van der Waals surface area contributed by atoms with Crippen molar-refractivity contribution in [3.05, 3.63) is 27.7 Å². The molecule has 2 nitrogen and oxygen atoms in total. The van der Waals surface area contributed by atoms with Crippen LogP contribution in [0.2, 0.25) is 0 Å². The molecule has 1 N–H and O–H groups in total. The summed E-state index contributed by atoms with van der Waals surface area (Å²) in [4.78, 5) is 2.65. The van der Waals surface area contributed by atoms with E-state index in [2.05, 4.69) is 52.1 Å². The Morgan fingerprint density at radius 3 is 3.00 bits per heavy atom. The van der Waals surface area contributed by atoms with E-state index in [1.54, 1.807) is 0 Å². The summed E-state index contributed by atoms with van der Waals surface area (Å²) in [5, 5.41) is 3.54. The average molecular weight is 295 g/mol. The van der Waals surface area contributed by atoms with Crippen LogP contribution < -0.4 is 10.2 Å². The minimum absolute atomic E-state index is 0.612. The first-order valence-corrected chi connectivity index (χ1v) is 7.30. The van der Waals surface area contributed by atoms with Crippen LogP contribution in [0.15, 0.2) is 16.6 Å². The van der Waals surface area contributed by atoms with Gasteiger partial charge >= 0.3 is 0 Å². The van der Waals surface area contributed by atoms with E-state index in [1.165, 1.54) is 27.7 Å². The van der Waals surface area contributed by atoms with E-state index < -0.39 is 0 Å². The fourth-order valence-corrected chi connectivity index (χ4v) is 3.87. The molecule has 92 valence electrons. The van der Waals surface area contributed by atoms with Gasteiger partial charge in [-0.15, -0.1) is 0 Å². The maximum absolute atomic E-state index is 3.64. The van der Waals surface area contributed by atoms with Gasteiger partial charge in [-0.2, -0.15) is 0 Å². The first-order chi connectivity index (χ1) is 8.20. The van der Waals surface area contributed by atoms with Crippen LogP contribution >= 0.6 is 15.9 Å². The largest absolute Gasteiger partial charge is 0.363 e. The lowest BCUT2D eigenvalue weighted by Crippen LogP contribution is -2.55. The molecule has 0 radical (unpaired) electrons. The summed E-state index contributed by atoms with van der Waals surface area (Å²) in [7, 11) is 0. The Morgan fingerprint density at radius 1 is 1.41 bits per heavy atom. The molecule has 1 fully saturated rings. The first kappa shape index (κ1) is 11.5. The second-order valence-corrected chi connectivity index (χ2v) is 6.11. The van der Waals surface area contributed by atoms with Crippen LogP contribution in [0.3, 0.4) is 0 Å². The monoisotopic (exact) mass is 294 g/mol. The molecule has 1 saturated heterocycles. The molecule has 1 aromatic carbocycles. The molecule has 2 aliphatic heterocycles. The van der Waals surface area contributed by atoms with E-state index in [0.29, 0.717) is 12.1 Å². The molecule has 1 aromatic rings. The highest BCUT2D eigenvalue weighted by atomic mass is 79.9. The van der Waals surface area contributed by atoms with Gasteiger partial charge in [0.15, 0.2) is 0 Å². The van der Waals surface area contributed by atoms with Crippen molar-refractivity contribution in [2.75, 3.05) is 18.0 Å². The third-order valence-corrected chi connectivity index (χ3v) is 4.47. The molecule has 0 aromatic heterocycles. The third-order valence-electron chi connectivity index (χ3n) is 4.02. The first-order valence-electron chi connectivity index (χ1n) is 6.51. The zero-order chi connectivity index (χ0) is 12.0. The number of nitrogens with one attached hydrogen (secondary N) is 1. The second-order valence-electron chi connectivity index (χ2n) is 5.20. The summed E-state index contributed by atoms with van der Waals surface area (Å²) in [6.45, 7) is 6.81. The number of aryl methyl sites for hydroxylation is 1. The smallest absolute Gasteiger partial charge is 0.0459 e. The van der Waals surface area contributed by atoms with Crippen molar-refractivity contribution >= 4 is 21.6 Å². The fraction of sp³-hybridized carbons (Fsp3) is 0.571. The molecule has 0 amide bonds. The lowest BCUT2D eigenvalue weighted by atomic mass is 10.0. The number of benzene rings is 1. The van der Waals surface area contributed by atoms with Gasteiger partial charge in [0.05, 0.1) is 0 Å². The molecule has 0 spiro atoms. The molecule has 2 atom stereocenters. The van der Waals surface area contributed by atoms with Crippen LogP contribution in [-0.4, -0.2) is 25.2 Å². The lowest BCUT2D eigenvalue weighted by molar-refractivity contribution is 0.429. The van der Waals surface area contributed by atoms with Gasteiger partial charge in [0.2, 0.25) is 0 Å². The van der Waals surface area contributed by atoms with Gasteiger partial charge < -0.3 is 10.2 Å². The topological polar surface area (TPSA) is 15.3 Å². The van der Waals surface area contributed by atoms with E-state index in [0.717, 1.165) is 19.5 Å². The Labute approximate surface area is 112 Å². The van der Waals surface area contributed by atoms with Crippen LogP contribution in [0.25, 0.3) is 0 Å².